The molecule has 1 aliphatic heterocycles. The molecule has 10 heteroatoms. The third-order valence-electron chi connectivity index (χ3n) is 5.28. The monoisotopic (exact) mass is 471 g/mol. The van der Waals surface area contributed by atoms with Crippen LogP contribution in [-0.4, -0.2) is 35.5 Å². The quantitative estimate of drug-likeness (QED) is 0.684. The van der Waals surface area contributed by atoms with Crippen molar-refractivity contribution in [2.24, 2.45) is 10.7 Å². The van der Waals surface area contributed by atoms with Crippen molar-refractivity contribution in [2.75, 3.05) is 5.75 Å². The standard InChI is InChI=1S/C20H20Cl2FN3O3S/c1-19(2)18(24)26-20(3,10-30(19,28)29)13-6-11(7-14(22)17(13)23)8-16(27)15-5-4-12(21)9-25-15/h4-7,9H,8,10H2,1-3H3,(H2,24,26)/t20-/m0/s1. The lowest BCUT2D eigenvalue weighted by molar-refractivity contribution is 0.0988. The molecule has 2 heterocycles. The zero-order valence-corrected chi connectivity index (χ0v) is 18.9. The number of sulfone groups is 1. The summed E-state index contributed by atoms with van der Waals surface area (Å²) in [5, 5.41) is 0.153. The second-order valence-corrected chi connectivity index (χ2v) is 11.3. The summed E-state index contributed by atoms with van der Waals surface area (Å²) in [6.45, 7) is 4.39. The van der Waals surface area contributed by atoms with Crippen LogP contribution in [0.4, 0.5) is 4.39 Å². The number of carbonyl (C=O) groups excluding carboxylic acids is 1. The molecule has 30 heavy (non-hydrogen) atoms. The molecule has 0 aliphatic carbocycles. The maximum atomic E-state index is 14.9. The molecular formula is C20H20Cl2FN3O3S. The van der Waals surface area contributed by atoms with Crippen LogP contribution in [0.2, 0.25) is 10.0 Å². The first-order valence-corrected chi connectivity index (χ1v) is 11.4. The van der Waals surface area contributed by atoms with Crippen molar-refractivity contribution < 1.29 is 17.6 Å². The van der Waals surface area contributed by atoms with Gasteiger partial charge in [-0.2, -0.15) is 0 Å². The first-order valence-electron chi connectivity index (χ1n) is 8.98. The summed E-state index contributed by atoms with van der Waals surface area (Å²) >= 11 is 11.9. The van der Waals surface area contributed by atoms with E-state index in [0.29, 0.717) is 10.6 Å². The number of nitrogens with zero attached hydrogens (tertiary/aromatic N) is 2. The first kappa shape index (κ1) is 22.7. The minimum absolute atomic E-state index is 0.0381. The van der Waals surface area contributed by atoms with Crippen molar-refractivity contribution in [2.45, 2.75) is 37.5 Å². The molecule has 0 bridgehead atoms. The van der Waals surface area contributed by atoms with Crippen molar-refractivity contribution >= 4 is 44.7 Å². The lowest BCUT2D eigenvalue weighted by Gasteiger charge is -2.38. The number of halogens is 3. The van der Waals surface area contributed by atoms with Gasteiger partial charge in [-0.1, -0.05) is 23.2 Å². The molecule has 0 spiro atoms. The molecule has 0 radical (unpaired) electrons. The van der Waals surface area contributed by atoms with Crippen molar-refractivity contribution in [3.05, 3.63) is 63.1 Å². The highest BCUT2D eigenvalue weighted by Crippen LogP contribution is 2.39. The fourth-order valence-electron chi connectivity index (χ4n) is 3.24. The van der Waals surface area contributed by atoms with Crippen LogP contribution in [0.5, 0.6) is 0 Å². The second kappa shape index (κ2) is 7.59. The van der Waals surface area contributed by atoms with E-state index >= 15 is 0 Å². The van der Waals surface area contributed by atoms with E-state index in [-0.39, 0.29) is 34.3 Å². The lowest BCUT2D eigenvalue weighted by atomic mass is 9.90. The number of hydrogen-bond donors (Lipinski definition) is 1. The molecule has 2 N–H and O–H groups in total. The Hall–Kier alpha value is -2.03. The highest BCUT2D eigenvalue weighted by Gasteiger charge is 2.49. The Morgan fingerprint density at radius 1 is 1.23 bits per heavy atom. The van der Waals surface area contributed by atoms with Crippen LogP contribution >= 0.6 is 23.2 Å². The molecule has 0 amide bonds. The number of amidine groups is 1. The normalized spacial score (nSPS) is 22.4. The third-order valence-corrected chi connectivity index (χ3v) is 8.48. The fraction of sp³-hybridized carbons (Fsp3) is 0.350. The summed E-state index contributed by atoms with van der Waals surface area (Å²) in [6.07, 6.45) is 1.24. The van der Waals surface area contributed by atoms with E-state index in [9.17, 15) is 17.6 Å². The molecule has 1 aliphatic rings. The number of pyridine rings is 1. The van der Waals surface area contributed by atoms with Gasteiger partial charge in [-0.15, -0.1) is 0 Å². The van der Waals surface area contributed by atoms with Gasteiger partial charge < -0.3 is 5.73 Å². The van der Waals surface area contributed by atoms with E-state index in [4.69, 9.17) is 28.9 Å². The van der Waals surface area contributed by atoms with Gasteiger partial charge in [0.15, 0.2) is 15.6 Å². The molecular weight excluding hydrogens is 452 g/mol. The van der Waals surface area contributed by atoms with Gasteiger partial charge in [0.1, 0.15) is 27.6 Å². The Morgan fingerprint density at radius 2 is 1.90 bits per heavy atom. The van der Waals surface area contributed by atoms with Gasteiger partial charge in [0.25, 0.3) is 0 Å². The van der Waals surface area contributed by atoms with Crippen LogP contribution in [-0.2, 0) is 21.8 Å². The van der Waals surface area contributed by atoms with Crippen LogP contribution in [0.15, 0.2) is 35.5 Å². The number of ketones is 1. The molecule has 0 unspecified atom stereocenters. The average molecular weight is 472 g/mol. The number of rotatable bonds is 4. The zero-order chi connectivity index (χ0) is 22.5. The van der Waals surface area contributed by atoms with E-state index < -0.39 is 31.7 Å². The largest absolute Gasteiger partial charge is 0.386 e. The number of nitrogens with two attached hydrogens (primary N) is 1. The number of Topliss-reactive ketones (excluding diaryl/α,β-unsaturated/α-hetero) is 1. The van der Waals surface area contributed by atoms with Crippen molar-refractivity contribution in [3.63, 3.8) is 0 Å². The third kappa shape index (κ3) is 3.96. The first-order chi connectivity index (χ1) is 13.8. The Labute approximate surface area is 184 Å². The SMILES string of the molecule is CC1(C)C(N)=N[C@](C)(c2cc(CC(=O)c3ccc(Cl)cn3)cc(Cl)c2F)CS1(=O)=O. The van der Waals surface area contributed by atoms with Gasteiger partial charge in [-0.3, -0.25) is 14.8 Å². The van der Waals surface area contributed by atoms with Gasteiger partial charge in [-0.25, -0.2) is 12.8 Å². The fourth-order valence-corrected chi connectivity index (χ4v) is 5.28. The summed E-state index contributed by atoms with van der Waals surface area (Å²) in [6, 6.07) is 5.75. The highest BCUT2D eigenvalue weighted by atomic mass is 35.5. The number of carbonyl (C=O) groups is 1. The molecule has 1 aromatic carbocycles. The van der Waals surface area contributed by atoms with Gasteiger partial charge >= 0.3 is 0 Å². The van der Waals surface area contributed by atoms with Crippen LogP contribution in [0.25, 0.3) is 0 Å². The second-order valence-electron chi connectivity index (χ2n) is 7.94. The number of aliphatic imine (C=N–C) groups is 1. The molecule has 6 nitrogen and oxygen atoms in total. The van der Waals surface area contributed by atoms with Crippen LogP contribution < -0.4 is 5.73 Å². The predicted octanol–water partition coefficient (Wildman–Crippen LogP) is 3.73. The molecule has 1 atom stereocenters. The Kier molecular flexibility index (Phi) is 5.73. The van der Waals surface area contributed by atoms with Crippen LogP contribution in [0.3, 0.4) is 0 Å². The summed E-state index contributed by atoms with van der Waals surface area (Å²) in [5.41, 5.74) is 5.01. The summed E-state index contributed by atoms with van der Waals surface area (Å²) in [5.74, 6) is -1.69. The van der Waals surface area contributed by atoms with E-state index in [2.05, 4.69) is 9.98 Å². The van der Waals surface area contributed by atoms with Gasteiger partial charge in [-0.05, 0) is 50.6 Å². The molecule has 2 aromatic rings. The van der Waals surface area contributed by atoms with Gasteiger partial charge in [0.05, 0.1) is 15.8 Å². The Bertz CT molecular complexity index is 1160. The number of hydrogen-bond acceptors (Lipinski definition) is 6. The molecule has 0 saturated carbocycles. The molecule has 160 valence electrons. The summed E-state index contributed by atoms with van der Waals surface area (Å²) in [7, 11) is -3.73. The Morgan fingerprint density at radius 3 is 2.47 bits per heavy atom. The van der Waals surface area contributed by atoms with E-state index in [1.807, 2.05) is 0 Å². The topological polar surface area (TPSA) is 102 Å². The number of benzene rings is 1. The van der Waals surface area contributed by atoms with Gasteiger partial charge in [0.2, 0.25) is 0 Å². The van der Waals surface area contributed by atoms with Crippen molar-refractivity contribution in [3.8, 4) is 0 Å². The van der Waals surface area contributed by atoms with E-state index in [0.717, 1.165) is 0 Å². The predicted molar refractivity (Wildman–Crippen MR) is 116 cm³/mol. The van der Waals surface area contributed by atoms with Crippen LogP contribution in [0, 0.1) is 5.82 Å². The summed E-state index contributed by atoms with van der Waals surface area (Å²) in [4.78, 5) is 20.8. The van der Waals surface area contributed by atoms with E-state index in [1.165, 1.54) is 51.2 Å². The van der Waals surface area contributed by atoms with Crippen molar-refractivity contribution in [1.29, 1.82) is 0 Å². The van der Waals surface area contributed by atoms with Crippen molar-refractivity contribution in [1.82, 2.24) is 4.98 Å². The molecule has 1 aromatic heterocycles. The maximum absolute atomic E-state index is 14.9. The molecule has 3 rings (SSSR count). The molecule has 0 fully saturated rings. The van der Waals surface area contributed by atoms with Gasteiger partial charge in [0, 0.05) is 18.2 Å². The zero-order valence-electron chi connectivity index (χ0n) is 16.5. The van der Waals surface area contributed by atoms with Crippen LogP contribution in [0.1, 0.15) is 42.4 Å². The highest BCUT2D eigenvalue weighted by molar-refractivity contribution is 7.93. The van der Waals surface area contributed by atoms with E-state index in [1.54, 1.807) is 0 Å². The maximum Gasteiger partial charge on any atom is 0.185 e. The average Bonchev–Trinajstić information content (AvgIpc) is 2.63. The lowest BCUT2D eigenvalue weighted by Crippen LogP contribution is -2.55. The smallest absolute Gasteiger partial charge is 0.185 e. The minimum Gasteiger partial charge on any atom is -0.386 e. The number of aromatic nitrogens is 1. The summed E-state index contributed by atoms with van der Waals surface area (Å²) < 4.78 is 39.1. The molecule has 0 saturated heterocycles. The minimum atomic E-state index is -3.73. The Balaban J connectivity index is 2.05.